The third-order valence-electron chi connectivity index (χ3n) is 4.34. The fourth-order valence-corrected chi connectivity index (χ4v) is 2.74. The molecule has 26 heavy (non-hydrogen) atoms. The predicted molar refractivity (Wildman–Crippen MR) is 97.2 cm³/mol. The summed E-state index contributed by atoms with van der Waals surface area (Å²) in [6, 6.07) is 15.3. The van der Waals surface area contributed by atoms with E-state index in [9.17, 15) is 4.79 Å². The van der Waals surface area contributed by atoms with Gasteiger partial charge in [0.1, 0.15) is 0 Å². The summed E-state index contributed by atoms with van der Waals surface area (Å²) in [6.07, 6.45) is 2.47. The van der Waals surface area contributed by atoms with E-state index in [4.69, 9.17) is 10.5 Å². The number of hydrogen-bond donors (Lipinski definition) is 2. The van der Waals surface area contributed by atoms with Crippen molar-refractivity contribution in [3.63, 3.8) is 0 Å². The lowest BCUT2D eigenvalue weighted by Gasteiger charge is -2.07. The molecule has 7 nitrogen and oxygen atoms in total. The van der Waals surface area contributed by atoms with Gasteiger partial charge in [-0.3, -0.25) is 4.79 Å². The Balaban J connectivity index is 1.73. The van der Waals surface area contributed by atoms with E-state index in [1.807, 2.05) is 36.4 Å². The lowest BCUT2D eigenvalue weighted by atomic mass is 10.1. The Labute approximate surface area is 150 Å². The number of carbonyl (C=O) groups is 1. The van der Waals surface area contributed by atoms with Gasteiger partial charge in [0.05, 0.1) is 24.7 Å². The van der Waals surface area contributed by atoms with Crippen molar-refractivity contribution in [3.05, 3.63) is 60.4 Å². The van der Waals surface area contributed by atoms with Crippen LogP contribution in [0.5, 0.6) is 5.88 Å². The quantitative estimate of drug-likeness (QED) is 0.732. The first kappa shape index (κ1) is 16.3. The largest absolute Gasteiger partial charge is 0.481 e. The van der Waals surface area contributed by atoms with Crippen LogP contribution in [0.1, 0.15) is 16.9 Å². The van der Waals surface area contributed by atoms with E-state index in [0.29, 0.717) is 11.6 Å². The lowest BCUT2D eigenvalue weighted by Crippen LogP contribution is -2.30. The molecule has 0 saturated heterocycles. The van der Waals surface area contributed by atoms with Gasteiger partial charge in [0.2, 0.25) is 5.88 Å². The second kappa shape index (κ2) is 6.61. The third kappa shape index (κ3) is 3.16. The first-order valence-corrected chi connectivity index (χ1v) is 8.38. The van der Waals surface area contributed by atoms with Crippen LogP contribution in [0, 0.1) is 0 Å². The number of aromatic nitrogens is 3. The molecule has 1 aromatic carbocycles. The maximum atomic E-state index is 12.5. The molecule has 3 aromatic rings. The summed E-state index contributed by atoms with van der Waals surface area (Å²) in [4.78, 5) is 16.7. The Morgan fingerprint density at radius 3 is 2.65 bits per heavy atom. The van der Waals surface area contributed by atoms with E-state index in [1.54, 1.807) is 30.1 Å². The van der Waals surface area contributed by atoms with E-state index >= 15 is 0 Å². The van der Waals surface area contributed by atoms with Gasteiger partial charge in [-0.25, -0.2) is 9.67 Å². The third-order valence-corrected chi connectivity index (χ3v) is 4.34. The van der Waals surface area contributed by atoms with Crippen LogP contribution in [0.2, 0.25) is 0 Å². The normalized spacial score (nSPS) is 18.4. The standard InChI is InChI=1S/C19H19N5O2/c1-26-18-8-7-13(11-21-18)24-17(12-5-3-2-4-6-12)10-16(23-24)19(25)22-15-9-14(15)20/h2-8,10-11,14-15H,9,20H2,1H3,(H,22,25). The summed E-state index contributed by atoms with van der Waals surface area (Å²) in [5, 5.41) is 7.41. The smallest absolute Gasteiger partial charge is 0.272 e. The number of rotatable bonds is 5. The molecule has 1 saturated carbocycles. The molecule has 2 aromatic heterocycles. The summed E-state index contributed by atoms with van der Waals surface area (Å²) in [6.45, 7) is 0. The molecule has 7 heteroatoms. The van der Waals surface area contributed by atoms with Gasteiger partial charge in [-0.2, -0.15) is 5.10 Å². The first-order chi connectivity index (χ1) is 12.7. The average Bonchev–Trinajstić information content (AvgIpc) is 3.20. The number of nitrogens with one attached hydrogen (secondary N) is 1. The van der Waals surface area contributed by atoms with Gasteiger partial charge in [0.25, 0.3) is 5.91 Å². The van der Waals surface area contributed by atoms with E-state index in [1.165, 1.54) is 0 Å². The van der Waals surface area contributed by atoms with Crippen LogP contribution < -0.4 is 15.8 Å². The molecule has 0 aliphatic heterocycles. The monoisotopic (exact) mass is 349 g/mol. The molecule has 2 unspecified atom stereocenters. The zero-order chi connectivity index (χ0) is 18.1. The summed E-state index contributed by atoms with van der Waals surface area (Å²) in [5.74, 6) is 0.295. The number of carbonyl (C=O) groups excluding carboxylic acids is 1. The van der Waals surface area contributed by atoms with Crippen molar-refractivity contribution in [1.29, 1.82) is 0 Å². The number of hydrogen-bond acceptors (Lipinski definition) is 5. The van der Waals surface area contributed by atoms with Gasteiger partial charge in [0, 0.05) is 23.7 Å². The Hall–Kier alpha value is -3.19. The van der Waals surface area contributed by atoms with Gasteiger partial charge in [-0.15, -0.1) is 0 Å². The summed E-state index contributed by atoms with van der Waals surface area (Å²) < 4.78 is 6.82. The number of methoxy groups -OCH3 is 1. The SMILES string of the molecule is COc1ccc(-n2nc(C(=O)NC3CC3N)cc2-c2ccccc2)cn1. The Morgan fingerprint density at radius 1 is 1.27 bits per heavy atom. The molecule has 1 amide bonds. The number of pyridine rings is 1. The molecule has 0 radical (unpaired) electrons. The van der Waals surface area contributed by atoms with Gasteiger partial charge in [-0.05, 0) is 18.6 Å². The minimum atomic E-state index is -0.222. The maximum Gasteiger partial charge on any atom is 0.272 e. The zero-order valence-electron chi connectivity index (χ0n) is 14.3. The fourth-order valence-electron chi connectivity index (χ4n) is 2.74. The van der Waals surface area contributed by atoms with Crippen molar-refractivity contribution in [2.75, 3.05) is 7.11 Å². The predicted octanol–water partition coefficient (Wildman–Crippen LogP) is 1.77. The number of benzene rings is 1. The van der Waals surface area contributed by atoms with Gasteiger partial charge < -0.3 is 15.8 Å². The topological polar surface area (TPSA) is 95.1 Å². The molecule has 1 fully saturated rings. The second-order valence-electron chi connectivity index (χ2n) is 6.23. The van der Waals surface area contributed by atoms with Crippen LogP contribution in [-0.4, -0.2) is 39.9 Å². The van der Waals surface area contributed by atoms with E-state index in [0.717, 1.165) is 23.4 Å². The maximum absolute atomic E-state index is 12.5. The Kier molecular flexibility index (Phi) is 4.14. The molecule has 2 heterocycles. The van der Waals surface area contributed by atoms with Crippen LogP contribution in [0.15, 0.2) is 54.7 Å². The summed E-state index contributed by atoms with van der Waals surface area (Å²) >= 11 is 0. The molecule has 2 atom stereocenters. The highest BCUT2D eigenvalue weighted by atomic mass is 16.5. The molecule has 1 aliphatic rings. The van der Waals surface area contributed by atoms with Crippen LogP contribution in [0.3, 0.4) is 0 Å². The van der Waals surface area contributed by atoms with Crippen molar-refractivity contribution in [2.24, 2.45) is 5.73 Å². The molecule has 1 aliphatic carbocycles. The summed E-state index contributed by atoms with van der Waals surface area (Å²) in [7, 11) is 1.57. The van der Waals surface area contributed by atoms with Crippen molar-refractivity contribution < 1.29 is 9.53 Å². The highest BCUT2D eigenvalue weighted by Crippen LogP contribution is 2.25. The van der Waals surface area contributed by atoms with Gasteiger partial charge >= 0.3 is 0 Å². The van der Waals surface area contributed by atoms with Crippen LogP contribution >= 0.6 is 0 Å². The lowest BCUT2D eigenvalue weighted by molar-refractivity contribution is 0.0945. The van der Waals surface area contributed by atoms with Gasteiger partial charge in [-0.1, -0.05) is 30.3 Å². The first-order valence-electron chi connectivity index (χ1n) is 8.38. The van der Waals surface area contributed by atoms with Crippen LogP contribution in [-0.2, 0) is 0 Å². The molecule has 4 rings (SSSR count). The molecular formula is C19H19N5O2. The highest BCUT2D eigenvalue weighted by Gasteiger charge is 2.35. The zero-order valence-corrected chi connectivity index (χ0v) is 14.3. The number of nitrogens with two attached hydrogens (primary N) is 1. The number of ether oxygens (including phenoxy) is 1. The fraction of sp³-hybridized carbons (Fsp3) is 0.211. The van der Waals surface area contributed by atoms with E-state index in [2.05, 4.69) is 15.4 Å². The summed E-state index contributed by atoms with van der Waals surface area (Å²) in [5.41, 5.74) is 8.63. The van der Waals surface area contributed by atoms with E-state index in [-0.39, 0.29) is 18.0 Å². The van der Waals surface area contributed by atoms with Crippen molar-refractivity contribution in [3.8, 4) is 22.8 Å². The number of nitrogens with zero attached hydrogens (tertiary/aromatic N) is 3. The Morgan fingerprint density at radius 2 is 2.04 bits per heavy atom. The average molecular weight is 349 g/mol. The molecule has 0 spiro atoms. The minimum Gasteiger partial charge on any atom is -0.481 e. The van der Waals surface area contributed by atoms with Gasteiger partial charge in [0.15, 0.2) is 5.69 Å². The molecular weight excluding hydrogens is 330 g/mol. The highest BCUT2D eigenvalue weighted by molar-refractivity contribution is 5.94. The number of amides is 1. The van der Waals surface area contributed by atoms with Crippen molar-refractivity contribution in [2.45, 2.75) is 18.5 Å². The van der Waals surface area contributed by atoms with Crippen LogP contribution in [0.4, 0.5) is 0 Å². The molecule has 0 bridgehead atoms. The van der Waals surface area contributed by atoms with Crippen molar-refractivity contribution in [1.82, 2.24) is 20.1 Å². The minimum absolute atomic E-state index is 0.0375. The second-order valence-corrected chi connectivity index (χ2v) is 6.23. The molecule has 132 valence electrons. The molecule has 3 N–H and O–H groups in total. The van der Waals surface area contributed by atoms with E-state index < -0.39 is 0 Å². The van der Waals surface area contributed by atoms with Crippen molar-refractivity contribution >= 4 is 5.91 Å². The van der Waals surface area contributed by atoms with Crippen LogP contribution in [0.25, 0.3) is 16.9 Å². The Bertz CT molecular complexity index is 921.